The average molecular weight is 322 g/mol. The van der Waals surface area contributed by atoms with Gasteiger partial charge in [0.15, 0.2) is 6.29 Å². The number of carbonyl (C=O) groups is 3. The Bertz CT molecular complexity index is 554. The second-order valence-corrected chi connectivity index (χ2v) is 6.86. The van der Waals surface area contributed by atoms with Gasteiger partial charge in [0.2, 0.25) is 0 Å². The van der Waals surface area contributed by atoms with Crippen molar-refractivity contribution >= 4 is 24.3 Å². The van der Waals surface area contributed by atoms with E-state index in [0.717, 1.165) is 0 Å². The van der Waals surface area contributed by atoms with Gasteiger partial charge in [0.25, 0.3) is 0 Å². The topological polar surface area (TPSA) is 85.8 Å². The van der Waals surface area contributed by atoms with Crippen LogP contribution in [0.2, 0.25) is 0 Å². The van der Waals surface area contributed by atoms with Gasteiger partial charge in [0.05, 0.1) is 0 Å². The van der Waals surface area contributed by atoms with Gasteiger partial charge in [0, 0.05) is 11.8 Å². The Labute approximate surface area is 135 Å². The molecule has 7 heteroatoms. The molecule has 0 aliphatic heterocycles. The van der Waals surface area contributed by atoms with E-state index in [4.69, 9.17) is 9.47 Å². The van der Waals surface area contributed by atoms with Crippen molar-refractivity contribution in [3.05, 3.63) is 23.9 Å². The molecular weight excluding hydrogens is 300 g/mol. The summed E-state index contributed by atoms with van der Waals surface area (Å²) >= 11 is 0. The molecule has 1 aromatic rings. The van der Waals surface area contributed by atoms with Gasteiger partial charge in [0.1, 0.15) is 17.0 Å². The Morgan fingerprint density at radius 2 is 1.48 bits per heavy atom. The molecule has 0 bridgehead atoms. The van der Waals surface area contributed by atoms with Crippen LogP contribution in [-0.2, 0) is 9.47 Å². The summed E-state index contributed by atoms with van der Waals surface area (Å²) in [4.78, 5) is 40.0. The van der Waals surface area contributed by atoms with E-state index in [0.29, 0.717) is 16.7 Å². The lowest BCUT2D eigenvalue weighted by Crippen LogP contribution is -2.44. The number of pyridine rings is 1. The van der Waals surface area contributed by atoms with Crippen molar-refractivity contribution < 1.29 is 23.9 Å². The highest BCUT2D eigenvalue weighted by atomic mass is 16.6. The van der Waals surface area contributed by atoms with E-state index in [-0.39, 0.29) is 5.82 Å². The van der Waals surface area contributed by atoms with Gasteiger partial charge in [-0.3, -0.25) is 4.79 Å². The zero-order valence-electron chi connectivity index (χ0n) is 14.2. The summed E-state index contributed by atoms with van der Waals surface area (Å²) in [7, 11) is 0. The van der Waals surface area contributed by atoms with Crippen LogP contribution >= 0.6 is 0 Å². The molecule has 2 amide bonds. The summed E-state index contributed by atoms with van der Waals surface area (Å²) in [6.07, 6.45) is 0.0581. The second kappa shape index (κ2) is 6.76. The van der Waals surface area contributed by atoms with Crippen molar-refractivity contribution in [3.63, 3.8) is 0 Å². The third-order valence-electron chi connectivity index (χ3n) is 2.29. The fourth-order valence-electron chi connectivity index (χ4n) is 1.48. The van der Waals surface area contributed by atoms with E-state index < -0.39 is 23.4 Å². The SMILES string of the molecule is CC(C)(C)OC(=O)N(C(=O)OC(C)(C)C)c1ccc(C=O)cn1. The van der Waals surface area contributed by atoms with E-state index in [1.807, 2.05) is 0 Å². The van der Waals surface area contributed by atoms with Crippen molar-refractivity contribution in [1.82, 2.24) is 4.98 Å². The summed E-state index contributed by atoms with van der Waals surface area (Å²) in [5.41, 5.74) is -1.26. The van der Waals surface area contributed by atoms with E-state index >= 15 is 0 Å². The highest BCUT2D eigenvalue weighted by Gasteiger charge is 2.33. The minimum absolute atomic E-state index is 0.0131. The molecule has 1 aromatic heterocycles. The number of aromatic nitrogens is 1. The van der Waals surface area contributed by atoms with Crippen molar-refractivity contribution in [2.24, 2.45) is 0 Å². The number of rotatable bonds is 2. The minimum Gasteiger partial charge on any atom is -0.443 e. The van der Waals surface area contributed by atoms with Crippen LogP contribution in [0.4, 0.5) is 15.4 Å². The minimum atomic E-state index is -0.905. The molecule has 126 valence electrons. The van der Waals surface area contributed by atoms with Crippen LogP contribution in [0.1, 0.15) is 51.9 Å². The Kier molecular flexibility index (Phi) is 5.47. The molecule has 0 saturated carbocycles. The summed E-state index contributed by atoms with van der Waals surface area (Å²) in [6.45, 7) is 10.1. The molecule has 1 heterocycles. The Balaban J connectivity index is 3.16. The van der Waals surface area contributed by atoms with Gasteiger partial charge < -0.3 is 9.47 Å². The normalized spacial score (nSPS) is 11.6. The number of carbonyl (C=O) groups excluding carboxylic acids is 3. The van der Waals surface area contributed by atoms with Crippen molar-refractivity contribution in [3.8, 4) is 0 Å². The zero-order chi connectivity index (χ0) is 17.8. The molecule has 23 heavy (non-hydrogen) atoms. The maximum absolute atomic E-state index is 12.3. The quantitative estimate of drug-likeness (QED) is 0.774. The summed E-state index contributed by atoms with van der Waals surface area (Å²) < 4.78 is 10.4. The summed E-state index contributed by atoms with van der Waals surface area (Å²) in [6, 6.07) is 2.81. The maximum atomic E-state index is 12.3. The van der Waals surface area contributed by atoms with E-state index in [2.05, 4.69) is 4.98 Å². The molecule has 0 atom stereocenters. The van der Waals surface area contributed by atoms with Crippen molar-refractivity contribution in [2.45, 2.75) is 52.7 Å². The van der Waals surface area contributed by atoms with E-state index in [1.165, 1.54) is 18.3 Å². The predicted octanol–water partition coefficient (Wildman–Crippen LogP) is 3.57. The highest BCUT2D eigenvalue weighted by molar-refractivity contribution is 6.08. The molecular formula is C16H22N2O5. The monoisotopic (exact) mass is 322 g/mol. The van der Waals surface area contributed by atoms with Crippen LogP contribution in [0.15, 0.2) is 18.3 Å². The van der Waals surface area contributed by atoms with Gasteiger partial charge in [-0.1, -0.05) is 0 Å². The number of aldehydes is 1. The van der Waals surface area contributed by atoms with Crippen LogP contribution in [0.3, 0.4) is 0 Å². The lowest BCUT2D eigenvalue weighted by Gasteiger charge is -2.28. The predicted molar refractivity (Wildman–Crippen MR) is 84.6 cm³/mol. The third-order valence-corrected chi connectivity index (χ3v) is 2.29. The molecule has 0 spiro atoms. The third kappa shape index (κ3) is 6.06. The van der Waals surface area contributed by atoms with Crippen molar-refractivity contribution in [2.75, 3.05) is 4.90 Å². The fourth-order valence-corrected chi connectivity index (χ4v) is 1.48. The van der Waals surface area contributed by atoms with Crippen LogP contribution in [-0.4, -0.2) is 34.7 Å². The average Bonchev–Trinajstić information content (AvgIpc) is 2.35. The number of hydrogen-bond acceptors (Lipinski definition) is 6. The van der Waals surface area contributed by atoms with E-state index in [9.17, 15) is 14.4 Å². The maximum Gasteiger partial charge on any atom is 0.425 e. The van der Waals surface area contributed by atoms with Crippen LogP contribution in [0, 0.1) is 0 Å². The Hall–Kier alpha value is -2.44. The first-order valence-corrected chi connectivity index (χ1v) is 7.10. The molecule has 0 unspecified atom stereocenters. The first kappa shape index (κ1) is 18.6. The molecule has 0 radical (unpaired) electrons. The number of nitrogens with zero attached hydrogens (tertiary/aromatic N) is 2. The Morgan fingerprint density at radius 3 is 1.78 bits per heavy atom. The molecule has 0 aliphatic rings. The number of anilines is 1. The number of imide groups is 1. The lowest BCUT2D eigenvalue weighted by molar-refractivity contribution is 0.0429. The van der Waals surface area contributed by atoms with Gasteiger partial charge in [-0.15, -0.1) is 0 Å². The largest absolute Gasteiger partial charge is 0.443 e. The number of amides is 2. The molecule has 7 nitrogen and oxygen atoms in total. The Morgan fingerprint density at radius 1 is 1.00 bits per heavy atom. The second-order valence-electron chi connectivity index (χ2n) is 6.86. The molecule has 0 saturated heterocycles. The van der Waals surface area contributed by atoms with Crippen LogP contribution in [0.25, 0.3) is 0 Å². The molecule has 0 aromatic carbocycles. The standard InChI is InChI=1S/C16H22N2O5/c1-15(2,3)22-13(20)18(14(21)23-16(4,5)6)12-8-7-11(10-19)9-17-12/h7-10H,1-6H3. The first-order chi connectivity index (χ1) is 10.4. The van der Waals surface area contributed by atoms with Crippen molar-refractivity contribution in [1.29, 1.82) is 0 Å². The molecule has 0 fully saturated rings. The van der Waals surface area contributed by atoms with Gasteiger partial charge >= 0.3 is 12.2 Å². The van der Waals surface area contributed by atoms with Crippen LogP contribution in [0.5, 0.6) is 0 Å². The first-order valence-electron chi connectivity index (χ1n) is 7.10. The number of hydrogen-bond donors (Lipinski definition) is 0. The lowest BCUT2D eigenvalue weighted by atomic mass is 10.2. The van der Waals surface area contributed by atoms with Gasteiger partial charge in [-0.2, -0.15) is 4.90 Å². The van der Waals surface area contributed by atoms with E-state index in [1.54, 1.807) is 41.5 Å². The zero-order valence-corrected chi connectivity index (χ0v) is 14.2. The smallest absolute Gasteiger partial charge is 0.425 e. The molecule has 1 rings (SSSR count). The summed E-state index contributed by atoms with van der Waals surface area (Å²) in [5.74, 6) is 0.0131. The highest BCUT2D eigenvalue weighted by Crippen LogP contribution is 2.20. The summed E-state index contributed by atoms with van der Waals surface area (Å²) in [5, 5.41) is 0. The fraction of sp³-hybridized carbons (Fsp3) is 0.500. The number of ether oxygens (including phenoxy) is 2. The van der Waals surface area contributed by atoms with Gasteiger partial charge in [-0.25, -0.2) is 14.6 Å². The molecule has 0 N–H and O–H groups in total. The van der Waals surface area contributed by atoms with Gasteiger partial charge in [-0.05, 0) is 53.7 Å². The molecule has 0 aliphatic carbocycles. The van der Waals surface area contributed by atoms with Crippen LogP contribution < -0.4 is 4.90 Å².